The monoisotopic (exact) mass is 295 g/mol. The molecule has 20 heavy (non-hydrogen) atoms. The third-order valence-corrected chi connectivity index (χ3v) is 5.56. The molecule has 1 saturated carbocycles. The van der Waals surface area contributed by atoms with Crippen molar-refractivity contribution in [1.82, 2.24) is 0 Å². The minimum absolute atomic E-state index is 0.142. The minimum Gasteiger partial charge on any atom is -0.397 e. The maximum Gasteiger partial charge on any atom is 0.253 e. The zero-order chi connectivity index (χ0) is 14.9. The zero-order valence-corrected chi connectivity index (χ0v) is 12.7. The number of primary amides is 1. The highest BCUT2D eigenvalue weighted by Crippen LogP contribution is 2.45. The summed E-state index contributed by atoms with van der Waals surface area (Å²) < 4.78 is 0. The van der Waals surface area contributed by atoms with E-state index in [4.69, 9.17) is 11.5 Å². The van der Waals surface area contributed by atoms with Crippen LogP contribution >= 0.6 is 11.3 Å². The highest BCUT2D eigenvalue weighted by molar-refractivity contribution is 7.19. The molecule has 0 bridgehead atoms. The SMILES string of the molecule is CCC1(CNc2sc(C(C)=O)c(N)c2C(N)=O)CCC1. The van der Waals surface area contributed by atoms with Crippen molar-refractivity contribution >= 4 is 33.7 Å². The van der Waals surface area contributed by atoms with Gasteiger partial charge in [-0.2, -0.15) is 0 Å². The van der Waals surface area contributed by atoms with Gasteiger partial charge in [0.05, 0.1) is 16.1 Å². The first-order valence-electron chi connectivity index (χ1n) is 6.87. The van der Waals surface area contributed by atoms with Crippen molar-refractivity contribution in [3.05, 3.63) is 10.4 Å². The van der Waals surface area contributed by atoms with Gasteiger partial charge in [-0.05, 0) is 24.7 Å². The van der Waals surface area contributed by atoms with Crippen LogP contribution in [0.2, 0.25) is 0 Å². The molecule has 5 nitrogen and oxygen atoms in total. The maximum atomic E-state index is 11.6. The highest BCUT2D eigenvalue weighted by Gasteiger charge is 2.35. The van der Waals surface area contributed by atoms with Crippen molar-refractivity contribution in [3.63, 3.8) is 0 Å². The summed E-state index contributed by atoms with van der Waals surface area (Å²) in [7, 11) is 0. The van der Waals surface area contributed by atoms with E-state index < -0.39 is 5.91 Å². The number of rotatable bonds is 6. The largest absolute Gasteiger partial charge is 0.397 e. The van der Waals surface area contributed by atoms with E-state index in [1.165, 1.54) is 37.5 Å². The molecule has 6 heteroatoms. The number of amides is 1. The molecule has 1 heterocycles. The maximum absolute atomic E-state index is 11.6. The van der Waals surface area contributed by atoms with E-state index >= 15 is 0 Å². The highest BCUT2D eigenvalue weighted by atomic mass is 32.1. The van der Waals surface area contributed by atoms with Gasteiger partial charge in [0, 0.05) is 13.5 Å². The molecule has 0 unspecified atom stereocenters. The number of anilines is 2. The molecule has 1 fully saturated rings. The number of nitrogens with two attached hydrogens (primary N) is 2. The molecule has 0 spiro atoms. The van der Waals surface area contributed by atoms with Crippen LogP contribution in [-0.2, 0) is 0 Å². The Kier molecular flexibility index (Phi) is 4.04. The Bertz CT molecular complexity index is 541. The van der Waals surface area contributed by atoms with Gasteiger partial charge in [0.15, 0.2) is 5.78 Å². The molecule has 0 aliphatic heterocycles. The Morgan fingerprint density at radius 2 is 2.05 bits per heavy atom. The molecule has 0 radical (unpaired) electrons. The van der Waals surface area contributed by atoms with Crippen LogP contribution in [0.4, 0.5) is 10.7 Å². The Labute approximate surface area is 122 Å². The Balaban J connectivity index is 2.24. The van der Waals surface area contributed by atoms with Crippen LogP contribution in [-0.4, -0.2) is 18.2 Å². The Hall–Kier alpha value is -1.56. The number of carbonyl (C=O) groups is 2. The van der Waals surface area contributed by atoms with E-state index in [-0.39, 0.29) is 17.0 Å². The van der Waals surface area contributed by atoms with E-state index in [0.29, 0.717) is 15.3 Å². The quantitative estimate of drug-likeness (QED) is 0.702. The summed E-state index contributed by atoms with van der Waals surface area (Å²) in [4.78, 5) is 23.5. The third kappa shape index (κ3) is 2.52. The molecule has 1 aliphatic carbocycles. The van der Waals surface area contributed by atoms with Crippen LogP contribution in [0.3, 0.4) is 0 Å². The van der Waals surface area contributed by atoms with Gasteiger partial charge in [-0.1, -0.05) is 13.3 Å². The van der Waals surface area contributed by atoms with Gasteiger partial charge in [-0.3, -0.25) is 9.59 Å². The number of ketones is 1. The summed E-state index contributed by atoms with van der Waals surface area (Å²) in [5.41, 5.74) is 12.0. The van der Waals surface area contributed by atoms with Gasteiger partial charge in [0.1, 0.15) is 5.00 Å². The van der Waals surface area contributed by atoms with Crippen LogP contribution in [0.5, 0.6) is 0 Å². The predicted molar refractivity (Wildman–Crippen MR) is 82.3 cm³/mol. The van der Waals surface area contributed by atoms with Crippen molar-refractivity contribution in [2.75, 3.05) is 17.6 Å². The number of nitrogen functional groups attached to an aromatic ring is 1. The molecule has 110 valence electrons. The third-order valence-electron chi connectivity index (χ3n) is 4.30. The summed E-state index contributed by atoms with van der Waals surface area (Å²) in [6, 6.07) is 0. The summed E-state index contributed by atoms with van der Waals surface area (Å²) in [6.45, 7) is 4.41. The molecule has 1 amide bonds. The van der Waals surface area contributed by atoms with E-state index in [2.05, 4.69) is 12.2 Å². The van der Waals surface area contributed by atoms with E-state index in [1.807, 2.05) is 0 Å². The smallest absolute Gasteiger partial charge is 0.253 e. The molecule has 0 atom stereocenters. The Morgan fingerprint density at radius 1 is 1.40 bits per heavy atom. The average molecular weight is 295 g/mol. The van der Waals surface area contributed by atoms with Crippen LogP contribution in [0.15, 0.2) is 0 Å². The van der Waals surface area contributed by atoms with Gasteiger partial charge >= 0.3 is 0 Å². The summed E-state index contributed by atoms with van der Waals surface area (Å²) in [5, 5.41) is 3.91. The van der Waals surface area contributed by atoms with Crippen LogP contribution in [0, 0.1) is 5.41 Å². The van der Waals surface area contributed by atoms with Gasteiger partial charge in [-0.25, -0.2) is 0 Å². The molecular formula is C14H21N3O2S. The number of carbonyl (C=O) groups excluding carboxylic acids is 2. The number of hydrogen-bond acceptors (Lipinski definition) is 5. The van der Waals surface area contributed by atoms with Crippen LogP contribution < -0.4 is 16.8 Å². The first-order valence-corrected chi connectivity index (χ1v) is 7.69. The second-order valence-electron chi connectivity index (χ2n) is 5.53. The van der Waals surface area contributed by atoms with Crippen LogP contribution in [0.1, 0.15) is 59.6 Å². The lowest BCUT2D eigenvalue weighted by atomic mass is 9.67. The van der Waals surface area contributed by atoms with E-state index in [0.717, 1.165) is 13.0 Å². The van der Waals surface area contributed by atoms with Crippen molar-refractivity contribution in [2.45, 2.75) is 39.5 Å². The van der Waals surface area contributed by atoms with Crippen molar-refractivity contribution < 1.29 is 9.59 Å². The normalized spacial score (nSPS) is 16.5. The lowest BCUT2D eigenvalue weighted by molar-refractivity contribution is 0.100. The lowest BCUT2D eigenvalue weighted by Gasteiger charge is -2.41. The topological polar surface area (TPSA) is 98.2 Å². The summed E-state index contributed by atoms with van der Waals surface area (Å²) in [5.74, 6) is -0.732. The minimum atomic E-state index is -0.590. The molecule has 1 aliphatic rings. The molecule has 1 aromatic rings. The summed E-state index contributed by atoms with van der Waals surface area (Å²) in [6.07, 6.45) is 4.75. The standard InChI is InChI=1S/C14H21N3O2S/c1-3-14(5-4-6-14)7-17-13-9(12(16)19)10(15)11(20-13)8(2)18/h17H,3-7,15H2,1-2H3,(H2,16,19). The van der Waals surface area contributed by atoms with Crippen molar-refractivity contribution in [2.24, 2.45) is 11.1 Å². The molecule has 0 aromatic carbocycles. The number of nitrogens with one attached hydrogen (secondary N) is 1. The van der Waals surface area contributed by atoms with Gasteiger partial charge in [0.2, 0.25) is 0 Å². The molecule has 1 aromatic heterocycles. The lowest BCUT2D eigenvalue weighted by Crippen LogP contribution is -2.36. The van der Waals surface area contributed by atoms with Gasteiger partial charge in [0.25, 0.3) is 5.91 Å². The predicted octanol–water partition coefficient (Wildman–Crippen LogP) is 2.62. The molecule has 0 saturated heterocycles. The Morgan fingerprint density at radius 3 is 2.45 bits per heavy atom. The van der Waals surface area contributed by atoms with Crippen molar-refractivity contribution in [1.29, 1.82) is 0 Å². The zero-order valence-electron chi connectivity index (χ0n) is 11.9. The van der Waals surface area contributed by atoms with E-state index in [1.54, 1.807) is 0 Å². The van der Waals surface area contributed by atoms with Gasteiger partial charge < -0.3 is 16.8 Å². The first-order chi connectivity index (χ1) is 9.40. The fourth-order valence-corrected chi connectivity index (χ4v) is 3.69. The second kappa shape index (κ2) is 5.44. The molecule has 2 rings (SSSR count). The number of hydrogen-bond donors (Lipinski definition) is 3. The fraction of sp³-hybridized carbons (Fsp3) is 0.571. The number of thiophene rings is 1. The second-order valence-corrected chi connectivity index (χ2v) is 6.55. The first kappa shape index (κ1) is 14.8. The van der Waals surface area contributed by atoms with Crippen molar-refractivity contribution in [3.8, 4) is 0 Å². The van der Waals surface area contributed by atoms with Crippen LogP contribution in [0.25, 0.3) is 0 Å². The fourth-order valence-electron chi connectivity index (χ4n) is 2.67. The average Bonchev–Trinajstić information content (AvgIpc) is 2.65. The van der Waals surface area contributed by atoms with E-state index in [9.17, 15) is 9.59 Å². The number of Topliss-reactive ketones (excluding diaryl/α,β-unsaturated/α-hetero) is 1. The summed E-state index contributed by atoms with van der Waals surface area (Å²) >= 11 is 1.22. The molecular weight excluding hydrogens is 274 g/mol. The molecule has 5 N–H and O–H groups in total. The van der Waals surface area contributed by atoms with Gasteiger partial charge in [-0.15, -0.1) is 11.3 Å².